The van der Waals surface area contributed by atoms with E-state index < -0.39 is 0 Å². The molecule has 0 radical (unpaired) electrons. The number of carbonyl (C=O) groups is 1. The summed E-state index contributed by atoms with van der Waals surface area (Å²) in [5, 5.41) is 0.829. The summed E-state index contributed by atoms with van der Waals surface area (Å²) < 4.78 is 10.3. The summed E-state index contributed by atoms with van der Waals surface area (Å²) in [7, 11) is 1.56. The lowest BCUT2D eigenvalue weighted by Gasteiger charge is -2.12. The highest BCUT2D eigenvalue weighted by molar-refractivity contribution is 6.44. The Kier molecular flexibility index (Phi) is 5.63. The van der Waals surface area contributed by atoms with Gasteiger partial charge in [-0.2, -0.15) is 0 Å². The number of carbonyl (C=O) groups excluding carboxylic acids is 1. The zero-order chi connectivity index (χ0) is 16.1. The maximum Gasteiger partial charge on any atom is 0.311 e. The number of pyridine rings is 1. The van der Waals surface area contributed by atoms with Crippen molar-refractivity contribution in [1.29, 1.82) is 0 Å². The van der Waals surface area contributed by atoms with E-state index in [1.54, 1.807) is 44.5 Å². The van der Waals surface area contributed by atoms with Crippen LogP contribution in [-0.4, -0.2) is 24.7 Å². The van der Waals surface area contributed by atoms with Crippen LogP contribution in [0.1, 0.15) is 12.6 Å². The Morgan fingerprint density at radius 2 is 2.05 bits per heavy atom. The molecule has 0 unspecified atom stereocenters. The Labute approximate surface area is 139 Å². The van der Waals surface area contributed by atoms with Crippen LogP contribution in [0.5, 0.6) is 5.75 Å². The van der Waals surface area contributed by atoms with Gasteiger partial charge in [-0.3, -0.25) is 9.78 Å². The van der Waals surface area contributed by atoms with E-state index in [-0.39, 0.29) is 12.4 Å². The number of esters is 1. The summed E-state index contributed by atoms with van der Waals surface area (Å²) in [6.07, 6.45) is 1.71. The number of nitrogens with zero attached hydrogens (tertiary/aromatic N) is 1. The van der Waals surface area contributed by atoms with Gasteiger partial charge in [-0.25, -0.2) is 0 Å². The number of hydrogen-bond acceptors (Lipinski definition) is 4. The van der Waals surface area contributed by atoms with Crippen LogP contribution >= 0.6 is 23.2 Å². The predicted octanol–water partition coefficient (Wildman–Crippen LogP) is 4.17. The van der Waals surface area contributed by atoms with Crippen molar-refractivity contribution in [1.82, 2.24) is 4.98 Å². The summed E-state index contributed by atoms with van der Waals surface area (Å²) >= 11 is 12.4. The first kappa shape index (κ1) is 16.6. The van der Waals surface area contributed by atoms with Crippen molar-refractivity contribution < 1.29 is 14.3 Å². The van der Waals surface area contributed by atoms with Crippen LogP contribution in [0.2, 0.25) is 10.0 Å². The van der Waals surface area contributed by atoms with Gasteiger partial charge < -0.3 is 9.47 Å². The van der Waals surface area contributed by atoms with Crippen molar-refractivity contribution in [2.45, 2.75) is 13.3 Å². The molecule has 0 N–H and O–H groups in total. The molecule has 0 bridgehead atoms. The molecule has 0 spiro atoms. The fraction of sp³-hybridized carbons (Fsp3) is 0.250. The summed E-state index contributed by atoms with van der Waals surface area (Å²) in [5.41, 5.74) is 2.04. The molecular weight excluding hydrogens is 325 g/mol. The van der Waals surface area contributed by atoms with Gasteiger partial charge in [0.25, 0.3) is 0 Å². The van der Waals surface area contributed by atoms with E-state index in [1.807, 2.05) is 0 Å². The largest absolute Gasteiger partial charge is 0.496 e. The lowest BCUT2D eigenvalue weighted by molar-refractivity contribution is -0.142. The van der Waals surface area contributed by atoms with Crippen LogP contribution in [0.25, 0.3) is 11.1 Å². The molecule has 4 nitrogen and oxygen atoms in total. The maximum atomic E-state index is 11.6. The highest BCUT2D eigenvalue weighted by Crippen LogP contribution is 2.40. The molecule has 0 saturated heterocycles. The molecular formula is C16H15Cl2NO3. The van der Waals surface area contributed by atoms with Gasteiger partial charge >= 0.3 is 5.97 Å². The molecule has 0 aliphatic heterocycles. The number of benzene rings is 1. The van der Waals surface area contributed by atoms with E-state index in [2.05, 4.69) is 4.98 Å². The van der Waals surface area contributed by atoms with Gasteiger partial charge in [0.15, 0.2) is 0 Å². The zero-order valence-electron chi connectivity index (χ0n) is 12.2. The third-order valence-corrected chi connectivity index (χ3v) is 3.82. The number of methoxy groups -OCH3 is 1. The van der Waals surface area contributed by atoms with E-state index in [1.165, 1.54) is 0 Å². The van der Waals surface area contributed by atoms with E-state index in [0.717, 1.165) is 5.56 Å². The first-order valence-electron chi connectivity index (χ1n) is 6.69. The zero-order valence-corrected chi connectivity index (χ0v) is 13.7. The highest BCUT2D eigenvalue weighted by Gasteiger charge is 2.15. The normalized spacial score (nSPS) is 10.4. The Balaban J connectivity index is 2.42. The Hall–Kier alpha value is -1.78. The standard InChI is InChI=1S/C16H15Cl2NO3/c1-3-22-14(20)9-11-8-10(6-7-19-11)15-13(21-2)5-4-12(17)16(15)18/h4-8H,3,9H2,1-2H3. The predicted molar refractivity (Wildman–Crippen MR) is 86.6 cm³/mol. The summed E-state index contributed by atoms with van der Waals surface area (Å²) in [6.45, 7) is 2.10. The molecule has 0 aliphatic carbocycles. The first-order chi connectivity index (χ1) is 10.6. The lowest BCUT2D eigenvalue weighted by Crippen LogP contribution is -2.08. The average molecular weight is 340 g/mol. The molecule has 2 rings (SSSR count). The quantitative estimate of drug-likeness (QED) is 0.767. The van der Waals surface area contributed by atoms with Crippen molar-refractivity contribution in [3.8, 4) is 16.9 Å². The molecule has 0 saturated carbocycles. The van der Waals surface area contributed by atoms with Crippen LogP contribution in [0, 0.1) is 0 Å². The third-order valence-electron chi connectivity index (χ3n) is 3.01. The number of halogens is 2. The van der Waals surface area contributed by atoms with E-state index in [0.29, 0.717) is 33.7 Å². The van der Waals surface area contributed by atoms with Gasteiger partial charge in [-0.1, -0.05) is 23.2 Å². The fourth-order valence-electron chi connectivity index (χ4n) is 2.06. The van der Waals surface area contributed by atoms with Crippen molar-refractivity contribution in [3.63, 3.8) is 0 Å². The number of hydrogen-bond donors (Lipinski definition) is 0. The van der Waals surface area contributed by atoms with Gasteiger partial charge in [0.2, 0.25) is 0 Å². The molecule has 6 heteroatoms. The Morgan fingerprint density at radius 3 is 2.73 bits per heavy atom. The molecule has 2 aromatic rings. The number of ether oxygens (including phenoxy) is 2. The van der Waals surface area contributed by atoms with Crippen molar-refractivity contribution >= 4 is 29.2 Å². The molecule has 1 heterocycles. The van der Waals surface area contributed by atoms with E-state index in [4.69, 9.17) is 32.7 Å². The van der Waals surface area contributed by atoms with Gasteiger partial charge in [0.1, 0.15) is 5.75 Å². The van der Waals surface area contributed by atoms with Gasteiger partial charge in [0, 0.05) is 11.8 Å². The van der Waals surface area contributed by atoms with E-state index in [9.17, 15) is 4.79 Å². The minimum Gasteiger partial charge on any atom is -0.496 e. The second kappa shape index (κ2) is 7.47. The molecule has 0 amide bonds. The second-order valence-corrected chi connectivity index (χ2v) is 5.24. The molecule has 116 valence electrons. The minimum absolute atomic E-state index is 0.0994. The van der Waals surface area contributed by atoms with Crippen molar-refractivity contribution in [2.75, 3.05) is 13.7 Å². The topological polar surface area (TPSA) is 48.4 Å². The van der Waals surface area contributed by atoms with Crippen molar-refractivity contribution in [2.24, 2.45) is 0 Å². The average Bonchev–Trinajstić information content (AvgIpc) is 2.50. The fourth-order valence-corrected chi connectivity index (χ4v) is 2.48. The Morgan fingerprint density at radius 1 is 1.27 bits per heavy atom. The lowest BCUT2D eigenvalue weighted by atomic mass is 10.0. The van der Waals surface area contributed by atoms with Crippen LogP contribution in [0.15, 0.2) is 30.5 Å². The summed E-state index contributed by atoms with van der Waals surface area (Å²) in [4.78, 5) is 15.7. The highest BCUT2D eigenvalue weighted by atomic mass is 35.5. The van der Waals surface area contributed by atoms with Gasteiger partial charge in [-0.15, -0.1) is 0 Å². The number of aromatic nitrogens is 1. The van der Waals surface area contributed by atoms with E-state index >= 15 is 0 Å². The molecule has 0 aliphatic rings. The monoisotopic (exact) mass is 339 g/mol. The maximum absolute atomic E-state index is 11.6. The van der Waals surface area contributed by atoms with Crippen LogP contribution in [0.3, 0.4) is 0 Å². The first-order valence-corrected chi connectivity index (χ1v) is 7.45. The van der Waals surface area contributed by atoms with Gasteiger partial charge in [-0.05, 0) is 36.8 Å². The molecule has 1 aromatic carbocycles. The minimum atomic E-state index is -0.323. The summed E-state index contributed by atoms with van der Waals surface area (Å²) in [6, 6.07) is 6.98. The van der Waals surface area contributed by atoms with Crippen LogP contribution in [0.4, 0.5) is 0 Å². The smallest absolute Gasteiger partial charge is 0.311 e. The van der Waals surface area contributed by atoms with Gasteiger partial charge in [0.05, 0.1) is 35.9 Å². The molecule has 0 atom stereocenters. The SMILES string of the molecule is CCOC(=O)Cc1cc(-c2c(OC)ccc(Cl)c2Cl)ccn1. The molecule has 0 fully saturated rings. The third kappa shape index (κ3) is 3.70. The Bertz CT molecular complexity index is 689. The molecule has 1 aromatic heterocycles. The van der Waals surface area contributed by atoms with Crippen LogP contribution in [-0.2, 0) is 16.0 Å². The van der Waals surface area contributed by atoms with Crippen molar-refractivity contribution in [3.05, 3.63) is 46.2 Å². The van der Waals surface area contributed by atoms with Crippen LogP contribution < -0.4 is 4.74 Å². The second-order valence-electron chi connectivity index (χ2n) is 4.46. The molecule has 22 heavy (non-hydrogen) atoms. The summed E-state index contributed by atoms with van der Waals surface area (Å²) in [5.74, 6) is 0.277. The number of rotatable bonds is 5.